The number of hydrogen-bond acceptors (Lipinski definition) is 4. The number of aromatic nitrogens is 2. The number of carbonyl (C=O) groups excluding carboxylic acids is 1. The lowest BCUT2D eigenvalue weighted by molar-refractivity contribution is 0.159. The van der Waals surface area contributed by atoms with Gasteiger partial charge in [-0.15, -0.1) is 0 Å². The lowest BCUT2D eigenvalue weighted by atomic mass is 10.1. The number of benzene rings is 3. The number of hydrogen-bond donors (Lipinski definition) is 1. The van der Waals surface area contributed by atoms with Gasteiger partial charge in [-0.25, -0.2) is 9.78 Å². The number of methoxy groups -OCH3 is 1. The van der Waals surface area contributed by atoms with Crippen molar-refractivity contribution in [1.29, 1.82) is 0 Å². The van der Waals surface area contributed by atoms with E-state index >= 15 is 0 Å². The minimum Gasteiger partial charge on any atom is -0.385 e. The summed E-state index contributed by atoms with van der Waals surface area (Å²) in [6.07, 6.45) is 0.635. The summed E-state index contributed by atoms with van der Waals surface area (Å²) in [6.45, 7) is 6.84. The number of anilines is 1. The Bertz CT molecular complexity index is 1470. The molecule has 4 aromatic rings. The Morgan fingerprint density at radius 2 is 1.84 bits per heavy atom. The van der Waals surface area contributed by atoms with Crippen molar-refractivity contribution in [2.75, 3.05) is 25.6 Å². The molecule has 0 saturated carbocycles. The first-order chi connectivity index (χ1) is 17.8. The average Bonchev–Trinajstić information content (AvgIpc) is 2.88. The zero-order valence-corrected chi connectivity index (χ0v) is 23.1. The maximum absolute atomic E-state index is 13.8. The monoisotopic (exact) mass is 562 g/mol. The molecular formula is C29H31BrN4O3. The van der Waals surface area contributed by atoms with E-state index in [1.807, 2.05) is 81.4 Å². The third-order valence-corrected chi connectivity index (χ3v) is 6.87. The molecule has 0 aliphatic carbocycles. The van der Waals surface area contributed by atoms with Crippen molar-refractivity contribution < 1.29 is 9.53 Å². The summed E-state index contributed by atoms with van der Waals surface area (Å²) in [5, 5.41) is 3.52. The number of carbonyl (C=O) groups is 1. The predicted molar refractivity (Wildman–Crippen MR) is 152 cm³/mol. The lowest BCUT2D eigenvalue weighted by Gasteiger charge is -2.31. The van der Waals surface area contributed by atoms with Crippen molar-refractivity contribution in [3.63, 3.8) is 0 Å². The molecule has 1 atom stereocenters. The van der Waals surface area contributed by atoms with Crippen molar-refractivity contribution in [2.24, 2.45) is 0 Å². The Morgan fingerprint density at radius 3 is 2.54 bits per heavy atom. The van der Waals surface area contributed by atoms with E-state index in [-0.39, 0.29) is 11.6 Å². The topological polar surface area (TPSA) is 76.5 Å². The molecule has 192 valence electrons. The Labute approximate surface area is 225 Å². The molecule has 0 aliphatic heterocycles. The van der Waals surface area contributed by atoms with Crippen LogP contribution in [0.2, 0.25) is 0 Å². The standard InChI is InChI=1S/C29H31BrN4O3/c1-19-10-15-26(20(2)18-19)34-27(32-25-9-6-5-8-24(25)28(34)35)21(3)33(16-7-17-37-4)29(36)31-23-13-11-22(30)12-14-23/h5-6,8-15,18,21H,7,16-17H2,1-4H3,(H,31,36). The van der Waals surface area contributed by atoms with Crippen molar-refractivity contribution in [2.45, 2.75) is 33.2 Å². The number of urea groups is 1. The highest BCUT2D eigenvalue weighted by Gasteiger charge is 2.27. The van der Waals surface area contributed by atoms with Gasteiger partial charge in [-0.05, 0) is 75.2 Å². The van der Waals surface area contributed by atoms with Gasteiger partial charge in [0.15, 0.2) is 0 Å². The molecule has 4 rings (SSSR count). The van der Waals surface area contributed by atoms with Crippen LogP contribution in [0.3, 0.4) is 0 Å². The predicted octanol–water partition coefficient (Wildman–Crippen LogP) is 6.40. The molecular weight excluding hydrogens is 532 g/mol. The maximum atomic E-state index is 13.8. The highest BCUT2D eigenvalue weighted by molar-refractivity contribution is 9.10. The van der Waals surface area contributed by atoms with Crippen LogP contribution in [-0.2, 0) is 4.74 Å². The van der Waals surface area contributed by atoms with E-state index in [1.165, 1.54) is 0 Å². The fourth-order valence-corrected chi connectivity index (χ4v) is 4.70. The van der Waals surface area contributed by atoms with Gasteiger partial charge in [0.25, 0.3) is 5.56 Å². The first kappa shape index (κ1) is 26.6. The summed E-state index contributed by atoms with van der Waals surface area (Å²) < 4.78 is 7.83. The third-order valence-electron chi connectivity index (χ3n) is 6.34. The molecule has 0 fully saturated rings. The fourth-order valence-electron chi connectivity index (χ4n) is 4.44. The second kappa shape index (κ2) is 11.7. The number of amides is 2. The van der Waals surface area contributed by atoms with Gasteiger partial charge >= 0.3 is 6.03 Å². The van der Waals surface area contributed by atoms with Gasteiger partial charge in [0.1, 0.15) is 5.82 Å². The van der Waals surface area contributed by atoms with E-state index in [0.29, 0.717) is 42.0 Å². The van der Waals surface area contributed by atoms with E-state index in [4.69, 9.17) is 9.72 Å². The van der Waals surface area contributed by atoms with E-state index in [2.05, 4.69) is 21.2 Å². The second-order valence-corrected chi connectivity index (χ2v) is 9.99. The quantitative estimate of drug-likeness (QED) is 0.252. The van der Waals surface area contributed by atoms with Crippen molar-refractivity contribution >= 4 is 38.6 Å². The van der Waals surface area contributed by atoms with E-state index in [9.17, 15) is 9.59 Å². The fraction of sp³-hybridized carbons (Fsp3) is 0.276. The number of para-hydroxylation sites is 1. The van der Waals surface area contributed by atoms with Crippen LogP contribution in [0.15, 0.2) is 76.0 Å². The van der Waals surface area contributed by atoms with Gasteiger partial charge in [-0.3, -0.25) is 9.36 Å². The summed E-state index contributed by atoms with van der Waals surface area (Å²) in [7, 11) is 1.64. The molecule has 0 radical (unpaired) electrons. The Hall–Kier alpha value is -3.49. The molecule has 0 bridgehead atoms. The van der Waals surface area contributed by atoms with Gasteiger partial charge < -0.3 is 15.0 Å². The first-order valence-corrected chi connectivity index (χ1v) is 13.0. The van der Waals surface area contributed by atoms with Crippen LogP contribution in [0.1, 0.15) is 36.3 Å². The van der Waals surface area contributed by atoms with Crippen molar-refractivity contribution in [3.05, 3.63) is 98.5 Å². The van der Waals surface area contributed by atoms with Gasteiger partial charge in [0, 0.05) is 30.4 Å². The summed E-state index contributed by atoms with van der Waals surface area (Å²) in [6, 6.07) is 19.9. The van der Waals surface area contributed by atoms with Crippen LogP contribution >= 0.6 is 15.9 Å². The summed E-state index contributed by atoms with van der Waals surface area (Å²) in [5.41, 5.74) is 3.92. The largest absolute Gasteiger partial charge is 0.385 e. The number of nitrogens with zero attached hydrogens (tertiary/aromatic N) is 3. The SMILES string of the molecule is COCCCN(C(=O)Nc1ccc(Br)cc1)C(C)c1nc2ccccc2c(=O)n1-c1ccc(C)cc1C. The van der Waals surface area contributed by atoms with E-state index in [1.54, 1.807) is 22.6 Å². The van der Waals surface area contributed by atoms with Crippen LogP contribution in [0.4, 0.5) is 10.5 Å². The molecule has 3 aromatic carbocycles. The molecule has 37 heavy (non-hydrogen) atoms. The zero-order valence-electron chi connectivity index (χ0n) is 21.5. The number of ether oxygens (including phenoxy) is 1. The maximum Gasteiger partial charge on any atom is 0.322 e. The Morgan fingerprint density at radius 1 is 1.11 bits per heavy atom. The number of fused-ring (bicyclic) bond motifs is 1. The van der Waals surface area contributed by atoms with Gasteiger partial charge in [0.05, 0.1) is 22.6 Å². The lowest BCUT2D eigenvalue weighted by Crippen LogP contribution is -2.40. The minimum atomic E-state index is -0.509. The van der Waals surface area contributed by atoms with Gasteiger partial charge in [0.2, 0.25) is 0 Å². The molecule has 1 aromatic heterocycles. The number of rotatable bonds is 8. The van der Waals surface area contributed by atoms with E-state index in [0.717, 1.165) is 21.3 Å². The molecule has 2 amide bonds. The number of halogens is 1. The normalized spacial score (nSPS) is 11.9. The highest BCUT2D eigenvalue weighted by atomic mass is 79.9. The van der Waals surface area contributed by atoms with Crippen molar-refractivity contribution in [3.8, 4) is 5.69 Å². The molecule has 1 N–H and O–H groups in total. The summed E-state index contributed by atoms with van der Waals surface area (Å²) in [4.78, 5) is 34.0. The first-order valence-electron chi connectivity index (χ1n) is 12.2. The molecule has 0 spiro atoms. The molecule has 0 aliphatic rings. The number of aryl methyl sites for hydroxylation is 2. The summed E-state index contributed by atoms with van der Waals surface area (Å²) in [5.74, 6) is 0.499. The van der Waals surface area contributed by atoms with Gasteiger partial charge in [-0.2, -0.15) is 0 Å². The summed E-state index contributed by atoms with van der Waals surface area (Å²) >= 11 is 3.43. The molecule has 0 saturated heterocycles. The van der Waals surface area contributed by atoms with Crippen LogP contribution in [0.5, 0.6) is 0 Å². The van der Waals surface area contributed by atoms with Crippen LogP contribution in [0.25, 0.3) is 16.6 Å². The van der Waals surface area contributed by atoms with Crippen LogP contribution < -0.4 is 10.9 Å². The highest BCUT2D eigenvalue weighted by Crippen LogP contribution is 2.26. The molecule has 7 nitrogen and oxygen atoms in total. The average molecular weight is 563 g/mol. The van der Waals surface area contributed by atoms with Crippen LogP contribution in [0, 0.1) is 13.8 Å². The molecule has 1 unspecified atom stereocenters. The minimum absolute atomic E-state index is 0.162. The third kappa shape index (κ3) is 5.92. The number of nitrogens with one attached hydrogen (secondary N) is 1. The smallest absolute Gasteiger partial charge is 0.322 e. The Kier molecular flexibility index (Phi) is 8.41. The Balaban J connectivity index is 1.83. The van der Waals surface area contributed by atoms with Crippen LogP contribution in [-0.4, -0.2) is 40.7 Å². The molecule has 1 heterocycles. The van der Waals surface area contributed by atoms with E-state index < -0.39 is 6.04 Å². The zero-order chi connectivity index (χ0) is 26.5. The van der Waals surface area contributed by atoms with Crippen molar-refractivity contribution in [1.82, 2.24) is 14.5 Å². The van der Waals surface area contributed by atoms with Gasteiger partial charge in [-0.1, -0.05) is 45.8 Å². The molecule has 8 heteroatoms. The second-order valence-electron chi connectivity index (χ2n) is 9.07.